The second-order valence-corrected chi connectivity index (χ2v) is 7.22. The molecule has 26 heavy (non-hydrogen) atoms. The molecule has 1 aromatic carbocycles. The van der Waals surface area contributed by atoms with Crippen LogP contribution in [-0.2, 0) is 23.8 Å². The number of rotatable bonds is 3. The van der Waals surface area contributed by atoms with Crippen LogP contribution >= 0.6 is 23.6 Å². The molecule has 1 aliphatic rings. The van der Waals surface area contributed by atoms with Crippen molar-refractivity contribution >= 4 is 45.3 Å². The summed E-state index contributed by atoms with van der Waals surface area (Å²) >= 11 is 6.61. The highest BCUT2D eigenvalue weighted by Gasteiger charge is 2.30. The van der Waals surface area contributed by atoms with Crippen LogP contribution in [0.3, 0.4) is 0 Å². The summed E-state index contributed by atoms with van der Waals surface area (Å²) in [5, 5.41) is 6.30. The van der Waals surface area contributed by atoms with E-state index in [9.17, 15) is 18.0 Å². The number of ether oxygens (including phenoxy) is 1. The minimum Gasteiger partial charge on any atom is -0.465 e. The number of alkyl halides is 3. The number of nitrogens with one attached hydrogen (secondary N) is 2. The molecule has 0 spiro atoms. The zero-order valence-electron chi connectivity index (χ0n) is 13.7. The molecule has 4 nitrogen and oxygen atoms in total. The van der Waals surface area contributed by atoms with Gasteiger partial charge in [-0.2, -0.15) is 13.2 Å². The van der Waals surface area contributed by atoms with Gasteiger partial charge in [-0.05, 0) is 55.2 Å². The largest absolute Gasteiger partial charge is 0.465 e. The minimum absolute atomic E-state index is 0.106. The third-order valence-electron chi connectivity index (χ3n) is 3.99. The Hall–Kier alpha value is -2.13. The van der Waals surface area contributed by atoms with Crippen molar-refractivity contribution in [3.63, 3.8) is 0 Å². The van der Waals surface area contributed by atoms with Gasteiger partial charge in [0.1, 0.15) is 5.00 Å². The first kappa shape index (κ1) is 18.7. The molecule has 2 aromatic rings. The van der Waals surface area contributed by atoms with Gasteiger partial charge in [-0.25, -0.2) is 4.79 Å². The number of hydrogen-bond donors (Lipinski definition) is 2. The smallest absolute Gasteiger partial charge is 0.416 e. The van der Waals surface area contributed by atoms with Gasteiger partial charge < -0.3 is 15.4 Å². The second-order valence-electron chi connectivity index (χ2n) is 5.71. The van der Waals surface area contributed by atoms with Crippen LogP contribution in [0.15, 0.2) is 24.3 Å². The summed E-state index contributed by atoms with van der Waals surface area (Å²) in [5.74, 6) is -0.450. The molecule has 0 atom stereocenters. The molecule has 0 saturated carbocycles. The molecule has 9 heteroatoms. The number of hydrogen-bond acceptors (Lipinski definition) is 4. The molecular weight excluding hydrogens is 385 g/mol. The number of carbonyl (C=O) groups excluding carboxylic acids is 1. The summed E-state index contributed by atoms with van der Waals surface area (Å²) in [4.78, 5) is 13.2. The number of benzene rings is 1. The third kappa shape index (κ3) is 3.83. The van der Waals surface area contributed by atoms with E-state index in [0.29, 0.717) is 10.6 Å². The number of anilines is 2. The number of fused-ring (bicyclic) bond motifs is 1. The quantitative estimate of drug-likeness (QED) is 0.570. The fourth-order valence-corrected chi connectivity index (χ4v) is 4.42. The maximum Gasteiger partial charge on any atom is 0.416 e. The van der Waals surface area contributed by atoms with E-state index in [1.807, 2.05) is 0 Å². The fourth-order valence-electron chi connectivity index (χ4n) is 2.85. The van der Waals surface area contributed by atoms with E-state index in [2.05, 4.69) is 10.6 Å². The molecule has 0 aliphatic heterocycles. The molecule has 0 amide bonds. The zero-order valence-corrected chi connectivity index (χ0v) is 15.3. The number of methoxy groups -OCH3 is 1. The van der Waals surface area contributed by atoms with Gasteiger partial charge in [0.25, 0.3) is 0 Å². The Morgan fingerprint density at radius 1 is 1.27 bits per heavy atom. The van der Waals surface area contributed by atoms with E-state index in [1.165, 1.54) is 30.6 Å². The van der Waals surface area contributed by atoms with Crippen molar-refractivity contribution < 1.29 is 22.7 Å². The molecule has 1 heterocycles. The standard InChI is InChI=1S/C17H15F3N2O2S2/c1-24-15(23)13-11-6-3-7-12(11)26-14(13)22-16(25)21-10-5-2-4-9(8-10)17(18,19)20/h2,4-5,8H,3,6-7H2,1H3,(H2,21,22,25). The number of aryl methyl sites for hydroxylation is 1. The zero-order chi connectivity index (χ0) is 18.9. The van der Waals surface area contributed by atoms with Crippen LogP contribution in [-0.4, -0.2) is 18.2 Å². The summed E-state index contributed by atoms with van der Waals surface area (Å²) in [7, 11) is 1.31. The van der Waals surface area contributed by atoms with Crippen LogP contribution in [0, 0.1) is 0 Å². The minimum atomic E-state index is -4.43. The molecule has 138 valence electrons. The Labute approximate surface area is 157 Å². The highest BCUT2D eigenvalue weighted by molar-refractivity contribution is 7.80. The van der Waals surface area contributed by atoms with Crippen molar-refractivity contribution in [2.75, 3.05) is 17.7 Å². The van der Waals surface area contributed by atoms with Crippen LogP contribution in [0.25, 0.3) is 0 Å². The predicted molar refractivity (Wildman–Crippen MR) is 99.0 cm³/mol. The molecule has 0 fully saturated rings. The topological polar surface area (TPSA) is 50.4 Å². The highest BCUT2D eigenvalue weighted by atomic mass is 32.1. The SMILES string of the molecule is COC(=O)c1c(NC(=S)Nc2cccc(C(F)(F)F)c2)sc2c1CCC2. The van der Waals surface area contributed by atoms with E-state index in [1.54, 1.807) is 0 Å². The lowest BCUT2D eigenvalue weighted by molar-refractivity contribution is -0.137. The summed E-state index contributed by atoms with van der Waals surface area (Å²) in [6.45, 7) is 0. The Bertz CT molecular complexity index is 862. The average molecular weight is 400 g/mol. The maximum absolute atomic E-state index is 12.8. The lowest BCUT2D eigenvalue weighted by Crippen LogP contribution is -2.20. The van der Waals surface area contributed by atoms with Crippen molar-refractivity contribution in [1.29, 1.82) is 0 Å². The van der Waals surface area contributed by atoms with Crippen LogP contribution in [0.1, 0.15) is 32.8 Å². The van der Waals surface area contributed by atoms with E-state index in [-0.39, 0.29) is 10.8 Å². The van der Waals surface area contributed by atoms with Gasteiger partial charge in [0, 0.05) is 10.6 Å². The van der Waals surface area contributed by atoms with Gasteiger partial charge >= 0.3 is 12.1 Å². The van der Waals surface area contributed by atoms with Gasteiger partial charge in [0.2, 0.25) is 0 Å². The van der Waals surface area contributed by atoms with Crippen LogP contribution in [0.5, 0.6) is 0 Å². The lowest BCUT2D eigenvalue weighted by Gasteiger charge is -2.13. The molecule has 3 rings (SSSR count). The third-order valence-corrected chi connectivity index (χ3v) is 5.40. The Morgan fingerprint density at radius 3 is 2.73 bits per heavy atom. The highest BCUT2D eigenvalue weighted by Crippen LogP contribution is 2.39. The molecule has 1 aromatic heterocycles. The fraction of sp³-hybridized carbons (Fsp3) is 0.294. The maximum atomic E-state index is 12.8. The van der Waals surface area contributed by atoms with Gasteiger partial charge in [0.05, 0.1) is 18.2 Å². The van der Waals surface area contributed by atoms with Crippen LogP contribution in [0.4, 0.5) is 23.9 Å². The number of thiocarbonyl (C=S) groups is 1. The number of esters is 1. The molecular formula is C17H15F3N2O2S2. The van der Waals surface area contributed by atoms with Crippen molar-refractivity contribution in [2.24, 2.45) is 0 Å². The molecule has 1 aliphatic carbocycles. The van der Waals surface area contributed by atoms with Gasteiger partial charge in [-0.3, -0.25) is 0 Å². The number of halogens is 3. The van der Waals surface area contributed by atoms with E-state index in [0.717, 1.165) is 41.8 Å². The van der Waals surface area contributed by atoms with Gasteiger partial charge in [-0.15, -0.1) is 11.3 Å². The molecule has 0 bridgehead atoms. The predicted octanol–water partition coefficient (Wildman–Crippen LogP) is 4.85. The lowest BCUT2D eigenvalue weighted by atomic mass is 10.1. The second kappa shape index (κ2) is 7.24. The Morgan fingerprint density at radius 2 is 2.04 bits per heavy atom. The average Bonchev–Trinajstić information content (AvgIpc) is 3.14. The Kier molecular flexibility index (Phi) is 5.19. The van der Waals surface area contributed by atoms with Gasteiger partial charge in [-0.1, -0.05) is 6.07 Å². The Balaban J connectivity index is 1.78. The van der Waals surface area contributed by atoms with Crippen molar-refractivity contribution in [2.45, 2.75) is 25.4 Å². The number of carbonyl (C=O) groups is 1. The summed E-state index contributed by atoms with van der Waals surface area (Å²) in [6.07, 6.45) is -1.76. The summed E-state index contributed by atoms with van der Waals surface area (Å²) in [6, 6.07) is 4.75. The van der Waals surface area contributed by atoms with E-state index in [4.69, 9.17) is 17.0 Å². The summed E-state index contributed by atoms with van der Waals surface area (Å²) in [5.41, 5.74) is 0.862. The van der Waals surface area contributed by atoms with E-state index >= 15 is 0 Å². The first-order valence-corrected chi connectivity index (χ1v) is 9.00. The first-order chi connectivity index (χ1) is 12.3. The first-order valence-electron chi connectivity index (χ1n) is 7.77. The van der Waals surface area contributed by atoms with Crippen LogP contribution in [0.2, 0.25) is 0 Å². The normalized spacial score (nSPS) is 13.2. The van der Waals surface area contributed by atoms with Crippen molar-refractivity contribution in [1.82, 2.24) is 0 Å². The molecule has 0 saturated heterocycles. The van der Waals surface area contributed by atoms with Crippen molar-refractivity contribution in [3.05, 3.63) is 45.8 Å². The molecule has 0 radical (unpaired) electrons. The monoisotopic (exact) mass is 400 g/mol. The summed E-state index contributed by atoms with van der Waals surface area (Å²) < 4.78 is 43.3. The molecule has 0 unspecified atom stereocenters. The van der Waals surface area contributed by atoms with Gasteiger partial charge in [0.15, 0.2) is 5.11 Å². The molecule has 2 N–H and O–H groups in total. The van der Waals surface area contributed by atoms with Crippen molar-refractivity contribution in [3.8, 4) is 0 Å². The van der Waals surface area contributed by atoms with E-state index < -0.39 is 17.7 Å². The number of thiophene rings is 1. The van der Waals surface area contributed by atoms with Crippen LogP contribution < -0.4 is 10.6 Å².